The number of hydrogen-bond donors (Lipinski definition) is 2. The Hall–Kier alpha value is -2.44. The van der Waals surface area contributed by atoms with Crippen LogP contribution >= 0.6 is 0 Å². The lowest BCUT2D eigenvalue weighted by Gasteiger charge is -2.25. The highest BCUT2D eigenvalue weighted by molar-refractivity contribution is 5.77. The zero-order chi connectivity index (χ0) is 19.0. The van der Waals surface area contributed by atoms with Gasteiger partial charge in [0.25, 0.3) is 0 Å². The van der Waals surface area contributed by atoms with Gasteiger partial charge in [0.2, 0.25) is 0 Å². The van der Waals surface area contributed by atoms with Crippen molar-refractivity contribution in [3.05, 3.63) is 65.5 Å². The first kappa shape index (κ1) is 17.9. The van der Waals surface area contributed by atoms with Crippen molar-refractivity contribution in [3.63, 3.8) is 0 Å². The molecule has 2 saturated heterocycles. The third kappa shape index (κ3) is 3.31. The van der Waals surface area contributed by atoms with Gasteiger partial charge >= 0.3 is 5.97 Å². The number of carboxylic acids is 1. The molecule has 0 aliphatic carbocycles. The van der Waals surface area contributed by atoms with E-state index in [2.05, 4.69) is 17.0 Å². The number of phenolic OH excluding ortho intramolecular Hbond substituents is 1. The lowest BCUT2D eigenvalue weighted by atomic mass is 9.81. The van der Waals surface area contributed by atoms with E-state index >= 15 is 0 Å². The quantitative estimate of drug-likeness (QED) is 0.847. The zero-order valence-corrected chi connectivity index (χ0v) is 15.0. The summed E-state index contributed by atoms with van der Waals surface area (Å²) in [4.78, 5) is 16.4. The van der Waals surface area contributed by atoms with Gasteiger partial charge in [0.05, 0.1) is 5.41 Å². The number of para-hydroxylation sites is 1. The van der Waals surface area contributed by atoms with E-state index in [0.29, 0.717) is 31.7 Å². The molecule has 2 aromatic carbocycles. The molecule has 0 spiro atoms. The van der Waals surface area contributed by atoms with Crippen LogP contribution < -0.4 is 0 Å². The van der Waals surface area contributed by atoms with Gasteiger partial charge in [-0.25, -0.2) is 4.39 Å². The second-order valence-electron chi connectivity index (χ2n) is 7.73. The number of halogens is 1. The molecule has 2 heterocycles. The number of aromatic hydroxyl groups is 1. The number of nitrogens with zero attached hydrogens (tertiary/aromatic N) is 2. The van der Waals surface area contributed by atoms with Crippen molar-refractivity contribution in [1.82, 2.24) is 9.80 Å². The van der Waals surface area contributed by atoms with Gasteiger partial charge in [0.15, 0.2) is 11.6 Å². The Morgan fingerprint density at radius 1 is 1.04 bits per heavy atom. The van der Waals surface area contributed by atoms with Crippen molar-refractivity contribution < 1.29 is 19.4 Å². The van der Waals surface area contributed by atoms with Gasteiger partial charge in [-0.05, 0) is 11.6 Å². The maximum atomic E-state index is 13.6. The van der Waals surface area contributed by atoms with E-state index in [1.807, 2.05) is 23.1 Å². The number of likely N-dealkylation sites (tertiary alicyclic amines) is 2. The molecule has 0 radical (unpaired) electrons. The molecule has 2 aliphatic rings. The Labute approximate surface area is 157 Å². The Balaban J connectivity index is 1.48. The molecular formula is C21H23FN2O3. The molecule has 6 heteroatoms. The number of carbonyl (C=O) groups is 1. The molecule has 0 aromatic heterocycles. The third-order valence-corrected chi connectivity index (χ3v) is 5.89. The Morgan fingerprint density at radius 2 is 1.70 bits per heavy atom. The molecule has 4 rings (SSSR count). The molecule has 5 nitrogen and oxygen atoms in total. The summed E-state index contributed by atoms with van der Waals surface area (Å²) in [7, 11) is 0. The van der Waals surface area contributed by atoms with Crippen LogP contribution in [0.2, 0.25) is 0 Å². The molecule has 0 saturated carbocycles. The van der Waals surface area contributed by atoms with E-state index in [1.165, 1.54) is 11.6 Å². The van der Waals surface area contributed by atoms with Crippen LogP contribution in [0.4, 0.5) is 4.39 Å². The Bertz CT molecular complexity index is 845. The third-order valence-electron chi connectivity index (χ3n) is 5.89. The maximum absolute atomic E-state index is 13.6. The van der Waals surface area contributed by atoms with Gasteiger partial charge in [0, 0.05) is 50.7 Å². The van der Waals surface area contributed by atoms with Gasteiger partial charge in [-0.1, -0.05) is 42.5 Å². The molecule has 2 aromatic rings. The van der Waals surface area contributed by atoms with E-state index in [1.54, 1.807) is 12.1 Å². The van der Waals surface area contributed by atoms with Crippen molar-refractivity contribution in [2.75, 3.05) is 26.2 Å². The molecule has 27 heavy (non-hydrogen) atoms. The largest absolute Gasteiger partial charge is 0.505 e. The van der Waals surface area contributed by atoms with Gasteiger partial charge in [-0.2, -0.15) is 0 Å². The number of benzene rings is 2. The highest BCUT2D eigenvalue weighted by Crippen LogP contribution is 2.44. The maximum Gasteiger partial charge on any atom is 0.312 e. The van der Waals surface area contributed by atoms with E-state index in [4.69, 9.17) is 0 Å². The summed E-state index contributed by atoms with van der Waals surface area (Å²) in [6.45, 7) is 3.38. The SMILES string of the molecule is O=C(O)[C@]12CN(Cc3ccccc3)C[C@H]1CN(Cc1cccc(F)c1O)C2. The summed E-state index contributed by atoms with van der Waals surface area (Å²) in [6.07, 6.45) is 0. The minimum absolute atomic E-state index is 0.0226. The van der Waals surface area contributed by atoms with Crippen molar-refractivity contribution in [2.24, 2.45) is 11.3 Å². The van der Waals surface area contributed by atoms with Gasteiger partial charge < -0.3 is 10.2 Å². The summed E-state index contributed by atoms with van der Waals surface area (Å²) >= 11 is 0. The monoisotopic (exact) mass is 370 g/mol. The zero-order valence-electron chi connectivity index (χ0n) is 15.0. The molecule has 2 atom stereocenters. The summed E-state index contributed by atoms with van der Waals surface area (Å²) in [5, 5.41) is 19.9. The number of phenols is 1. The van der Waals surface area contributed by atoms with Gasteiger partial charge in [0.1, 0.15) is 0 Å². The minimum Gasteiger partial charge on any atom is -0.505 e. The van der Waals surface area contributed by atoms with Gasteiger partial charge in [-0.15, -0.1) is 0 Å². The first-order valence-corrected chi connectivity index (χ1v) is 9.16. The Morgan fingerprint density at radius 3 is 2.33 bits per heavy atom. The normalized spacial score (nSPS) is 25.6. The second-order valence-corrected chi connectivity index (χ2v) is 7.73. The van der Waals surface area contributed by atoms with E-state index in [-0.39, 0.29) is 11.7 Å². The first-order chi connectivity index (χ1) is 13.0. The summed E-state index contributed by atoms with van der Waals surface area (Å²) in [5.74, 6) is -1.73. The van der Waals surface area contributed by atoms with Crippen molar-refractivity contribution in [1.29, 1.82) is 0 Å². The fourth-order valence-corrected chi connectivity index (χ4v) is 4.59. The van der Waals surface area contributed by atoms with Crippen LogP contribution in [0.3, 0.4) is 0 Å². The fourth-order valence-electron chi connectivity index (χ4n) is 4.59. The van der Waals surface area contributed by atoms with Crippen LogP contribution in [0.1, 0.15) is 11.1 Å². The van der Waals surface area contributed by atoms with Crippen LogP contribution in [0.5, 0.6) is 5.75 Å². The standard InChI is InChI=1S/C21H23FN2O3/c22-18-8-4-7-16(19(18)25)10-24-12-17-11-23(9-15-5-2-1-3-6-15)13-21(17,14-24)20(26)27/h1-8,17,25H,9-14H2,(H,26,27)/t17-,21-/m0/s1. The number of hydrogen-bond acceptors (Lipinski definition) is 4. The average molecular weight is 370 g/mol. The van der Waals surface area contributed by atoms with E-state index in [9.17, 15) is 19.4 Å². The van der Waals surface area contributed by atoms with Crippen molar-refractivity contribution >= 4 is 5.97 Å². The number of carboxylic acid groups (broad SMARTS) is 1. The molecule has 2 aliphatic heterocycles. The molecule has 2 N–H and O–H groups in total. The molecule has 2 fully saturated rings. The van der Waals surface area contributed by atoms with Crippen molar-refractivity contribution in [3.8, 4) is 5.75 Å². The molecule has 0 amide bonds. The second kappa shape index (κ2) is 6.94. The van der Waals surface area contributed by atoms with Crippen LogP contribution in [-0.4, -0.2) is 52.2 Å². The minimum atomic E-state index is -0.808. The van der Waals surface area contributed by atoms with Crippen LogP contribution in [0, 0.1) is 17.2 Å². The predicted molar refractivity (Wildman–Crippen MR) is 98.6 cm³/mol. The fraction of sp³-hybridized carbons (Fsp3) is 0.381. The first-order valence-electron chi connectivity index (χ1n) is 9.16. The topological polar surface area (TPSA) is 64.0 Å². The van der Waals surface area contributed by atoms with Gasteiger partial charge in [-0.3, -0.25) is 14.6 Å². The van der Waals surface area contributed by atoms with Crippen LogP contribution in [0.15, 0.2) is 48.5 Å². The molecule has 0 unspecified atom stereocenters. The lowest BCUT2D eigenvalue weighted by molar-refractivity contribution is -0.149. The summed E-state index contributed by atoms with van der Waals surface area (Å²) < 4.78 is 13.6. The number of rotatable bonds is 5. The highest BCUT2D eigenvalue weighted by Gasteiger charge is 2.57. The summed E-state index contributed by atoms with van der Waals surface area (Å²) in [5.41, 5.74) is 0.869. The highest BCUT2D eigenvalue weighted by atomic mass is 19.1. The van der Waals surface area contributed by atoms with E-state index in [0.717, 1.165) is 13.1 Å². The number of aliphatic carboxylic acids is 1. The number of fused-ring (bicyclic) bond motifs is 1. The predicted octanol–water partition coefficient (Wildman–Crippen LogP) is 2.55. The molecule has 142 valence electrons. The molecule has 0 bridgehead atoms. The molecular weight excluding hydrogens is 347 g/mol. The van der Waals surface area contributed by atoms with Crippen LogP contribution in [-0.2, 0) is 17.9 Å². The van der Waals surface area contributed by atoms with Crippen molar-refractivity contribution in [2.45, 2.75) is 13.1 Å². The lowest BCUT2D eigenvalue weighted by Crippen LogP contribution is -2.40. The smallest absolute Gasteiger partial charge is 0.312 e. The van der Waals surface area contributed by atoms with Crippen LogP contribution in [0.25, 0.3) is 0 Å². The summed E-state index contributed by atoms with van der Waals surface area (Å²) in [6, 6.07) is 14.5. The Kier molecular flexibility index (Phi) is 4.61. The van der Waals surface area contributed by atoms with E-state index < -0.39 is 17.2 Å². The average Bonchev–Trinajstić information content (AvgIpc) is 3.14.